The minimum Gasteiger partial charge on any atom is -0.507 e. The van der Waals surface area contributed by atoms with E-state index in [1.807, 2.05) is 29.2 Å². The highest BCUT2D eigenvalue weighted by Gasteiger charge is 2.65. The van der Waals surface area contributed by atoms with Crippen LogP contribution in [0.1, 0.15) is 18.4 Å². The van der Waals surface area contributed by atoms with Crippen LogP contribution in [0.15, 0.2) is 36.4 Å². The normalized spacial score (nSPS) is 27.9. The molecule has 2 saturated heterocycles. The van der Waals surface area contributed by atoms with E-state index in [4.69, 9.17) is 4.74 Å². The number of rotatable bonds is 4. The Balaban J connectivity index is 1.45. The van der Waals surface area contributed by atoms with Gasteiger partial charge in [0.1, 0.15) is 5.75 Å². The Morgan fingerprint density at radius 3 is 2.88 bits per heavy atom. The van der Waals surface area contributed by atoms with Gasteiger partial charge in [0, 0.05) is 24.5 Å². The zero-order chi connectivity index (χ0) is 16.3. The maximum Gasteiger partial charge on any atom is 0.272 e. The summed E-state index contributed by atoms with van der Waals surface area (Å²) in [6, 6.07) is 11.9. The molecule has 24 heavy (non-hydrogen) atoms. The molecule has 2 aliphatic heterocycles. The third-order valence-corrected chi connectivity index (χ3v) is 5.35. The first-order valence-corrected chi connectivity index (χ1v) is 8.58. The van der Waals surface area contributed by atoms with Gasteiger partial charge in [0.05, 0.1) is 13.2 Å². The number of benzene rings is 2. The highest BCUT2D eigenvalue weighted by Crippen LogP contribution is 2.42. The zero-order valence-corrected chi connectivity index (χ0v) is 13.4. The summed E-state index contributed by atoms with van der Waals surface area (Å²) in [7, 11) is 0. The summed E-state index contributed by atoms with van der Waals surface area (Å²) in [5.74, 6) is 0.366. The molecule has 1 saturated carbocycles. The first kappa shape index (κ1) is 14.3. The Morgan fingerprint density at radius 2 is 2.17 bits per heavy atom. The summed E-state index contributed by atoms with van der Waals surface area (Å²) in [4.78, 5) is 17.1. The second-order valence-corrected chi connectivity index (χ2v) is 7.05. The van der Waals surface area contributed by atoms with Crippen molar-refractivity contribution in [1.82, 2.24) is 9.80 Å². The molecule has 2 aromatic carbocycles. The van der Waals surface area contributed by atoms with E-state index in [0.717, 1.165) is 42.3 Å². The van der Waals surface area contributed by atoms with Gasteiger partial charge in [-0.05, 0) is 35.9 Å². The fourth-order valence-corrected chi connectivity index (χ4v) is 3.83. The lowest BCUT2D eigenvalue weighted by Gasteiger charge is -2.26. The molecule has 1 aliphatic carbocycles. The number of carbonyl (C=O) groups is 1. The van der Waals surface area contributed by atoms with E-state index in [1.165, 1.54) is 0 Å². The Bertz CT molecular complexity index is 832. The van der Waals surface area contributed by atoms with Gasteiger partial charge in [0.15, 0.2) is 0 Å². The number of aromatic hydroxyl groups is 1. The average Bonchev–Trinajstić information content (AvgIpc) is 3.51. The molecular weight excluding hydrogens is 304 g/mol. The highest BCUT2D eigenvalue weighted by atomic mass is 16.6. The molecule has 0 radical (unpaired) electrons. The van der Waals surface area contributed by atoms with Gasteiger partial charge < -0.3 is 14.7 Å². The number of phenols is 1. The van der Waals surface area contributed by atoms with Gasteiger partial charge in [-0.15, -0.1) is 0 Å². The molecule has 0 spiro atoms. The Kier molecular flexibility index (Phi) is 2.94. The van der Waals surface area contributed by atoms with Crippen LogP contribution in [0.4, 0.5) is 0 Å². The number of hydrogen-bond acceptors (Lipinski definition) is 4. The van der Waals surface area contributed by atoms with Gasteiger partial charge in [0.25, 0.3) is 5.91 Å². The van der Waals surface area contributed by atoms with Crippen molar-refractivity contribution >= 4 is 16.7 Å². The van der Waals surface area contributed by atoms with Gasteiger partial charge in [-0.2, -0.15) is 0 Å². The molecule has 3 fully saturated rings. The molecule has 3 aliphatic rings. The lowest BCUT2D eigenvalue weighted by atomic mass is 10.1. The van der Waals surface area contributed by atoms with E-state index in [9.17, 15) is 9.90 Å². The van der Waals surface area contributed by atoms with Crippen LogP contribution in [0.3, 0.4) is 0 Å². The number of carbonyl (C=O) groups excluding carboxylic acids is 1. The first-order chi connectivity index (χ1) is 11.7. The van der Waals surface area contributed by atoms with Crippen molar-refractivity contribution in [3.05, 3.63) is 42.0 Å². The molecule has 1 amide bonds. The van der Waals surface area contributed by atoms with Gasteiger partial charge in [0.2, 0.25) is 5.72 Å². The summed E-state index contributed by atoms with van der Waals surface area (Å²) >= 11 is 0. The number of ether oxygens (including phenoxy) is 1. The standard InChI is InChI=1S/C19H20N2O3/c22-17-10-13(9-14-3-1-2-4-16(14)17)11-21(15-5-6-15)18(23)19-12-20(19)7-8-24-19/h1-4,9-10,15,22H,5-8,11-12H2/t19-,20?/m1/s1. The SMILES string of the molecule is O=C(N(Cc1cc(O)c2ccccc2c1)C1CC1)[C@]12CN1CCO2. The fraction of sp³-hybridized carbons (Fsp3) is 0.421. The van der Waals surface area contributed by atoms with Gasteiger partial charge in [-0.3, -0.25) is 9.69 Å². The first-order valence-electron chi connectivity index (χ1n) is 8.58. The number of amides is 1. The molecule has 5 heteroatoms. The van der Waals surface area contributed by atoms with E-state index in [0.29, 0.717) is 19.2 Å². The average molecular weight is 324 g/mol. The van der Waals surface area contributed by atoms with Crippen LogP contribution in [0.25, 0.3) is 10.8 Å². The second-order valence-electron chi connectivity index (χ2n) is 7.05. The van der Waals surface area contributed by atoms with Crippen LogP contribution in [-0.4, -0.2) is 52.3 Å². The summed E-state index contributed by atoms with van der Waals surface area (Å²) < 4.78 is 5.75. The van der Waals surface area contributed by atoms with E-state index in [1.54, 1.807) is 6.07 Å². The van der Waals surface area contributed by atoms with Crippen LogP contribution in [0.2, 0.25) is 0 Å². The lowest BCUT2D eigenvalue weighted by molar-refractivity contribution is -0.147. The highest BCUT2D eigenvalue weighted by molar-refractivity contribution is 5.90. The second kappa shape index (κ2) is 4.94. The maximum absolute atomic E-state index is 13.0. The molecule has 5 rings (SSSR count). The maximum atomic E-state index is 13.0. The van der Waals surface area contributed by atoms with Crippen LogP contribution < -0.4 is 0 Å². The van der Waals surface area contributed by atoms with E-state index in [2.05, 4.69) is 11.0 Å². The van der Waals surface area contributed by atoms with Crippen LogP contribution in [0, 0.1) is 0 Å². The molecule has 5 nitrogen and oxygen atoms in total. The Morgan fingerprint density at radius 1 is 1.33 bits per heavy atom. The lowest BCUT2D eigenvalue weighted by Crippen LogP contribution is -2.44. The van der Waals surface area contributed by atoms with E-state index >= 15 is 0 Å². The monoisotopic (exact) mass is 324 g/mol. The molecule has 1 unspecified atom stereocenters. The number of phenolic OH excluding ortho intramolecular Hbond substituents is 1. The Hall–Kier alpha value is -2.11. The molecule has 2 aromatic rings. The summed E-state index contributed by atoms with van der Waals surface area (Å²) in [6.07, 6.45) is 2.11. The summed E-state index contributed by atoms with van der Waals surface area (Å²) in [5, 5.41) is 12.1. The quantitative estimate of drug-likeness (QED) is 0.875. The van der Waals surface area contributed by atoms with Crippen molar-refractivity contribution < 1.29 is 14.6 Å². The van der Waals surface area contributed by atoms with Crippen molar-refractivity contribution in [3.63, 3.8) is 0 Å². The number of morpholine rings is 1. The van der Waals surface area contributed by atoms with Crippen LogP contribution >= 0.6 is 0 Å². The minimum absolute atomic E-state index is 0.0927. The number of hydrogen-bond donors (Lipinski definition) is 1. The third-order valence-electron chi connectivity index (χ3n) is 5.35. The Labute approximate surface area is 140 Å². The number of fused-ring (bicyclic) bond motifs is 2. The third kappa shape index (κ3) is 2.12. The zero-order valence-electron chi connectivity index (χ0n) is 13.4. The van der Waals surface area contributed by atoms with Crippen LogP contribution in [-0.2, 0) is 16.1 Å². The largest absolute Gasteiger partial charge is 0.507 e. The molecule has 124 valence electrons. The van der Waals surface area contributed by atoms with Gasteiger partial charge in [-0.1, -0.05) is 24.3 Å². The molecule has 2 atom stereocenters. The van der Waals surface area contributed by atoms with E-state index < -0.39 is 5.72 Å². The molecule has 0 bridgehead atoms. The molecule has 2 heterocycles. The smallest absolute Gasteiger partial charge is 0.272 e. The topological polar surface area (TPSA) is 52.8 Å². The summed E-state index contributed by atoms with van der Waals surface area (Å²) in [5.41, 5.74) is 0.287. The van der Waals surface area contributed by atoms with Crippen molar-refractivity contribution in [2.75, 3.05) is 19.7 Å². The summed E-state index contributed by atoms with van der Waals surface area (Å²) in [6.45, 7) is 2.74. The van der Waals surface area contributed by atoms with Crippen LogP contribution in [0.5, 0.6) is 5.75 Å². The van der Waals surface area contributed by atoms with E-state index in [-0.39, 0.29) is 11.7 Å². The van der Waals surface area contributed by atoms with Gasteiger partial charge >= 0.3 is 0 Å². The van der Waals surface area contributed by atoms with Crippen molar-refractivity contribution in [2.24, 2.45) is 0 Å². The van der Waals surface area contributed by atoms with Crippen molar-refractivity contribution in [2.45, 2.75) is 31.2 Å². The molecule has 1 N–H and O–H groups in total. The predicted molar refractivity (Wildman–Crippen MR) is 89.4 cm³/mol. The molecule has 0 aromatic heterocycles. The van der Waals surface area contributed by atoms with Gasteiger partial charge in [-0.25, -0.2) is 0 Å². The van der Waals surface area contributed by atoms with Crippen molar-refractivity contribution in [1.29, 1.82) is 0 Å². The number of nitrogens with zero attached hydrogens (tertiary/aromatic N) is 2. The minimum atomic E-state index is -0.679. The fourth-order valence-electron chi connectivity index (χ4n) is 3.83. The van der Waals surface area contributed by atoms with Crippen molar-refractivity contribution in [3.8, 4) is 5.75 Å². The predicted octanol–water partition coefficient (Wildman–Crippen LogP) is 2.08. The molecular formula is C19H20N2O3.